The topological polar surface area (TPSA) is 36.9 Å². The predicted molar refractivity (Wildman–Crippen MR) is 52.1 cm³/mol. The molecule has 0 aliphatic carbocycles. The molecule has 1 atom stereocenters. The number of ether oxygens (including phenoxy) is 4. The van der Waals surface area contributed by atoms with E-state index in [1.165, 1.54) is 0 Å². The van der Waals surface area contributed by atoms with Crippen molar-refractivity contribution in [2.75, 3.05) is 40.3 Å². The predicted octanol–water partition coefficient (Wildman–Crippen LogP) is 0.969. The highest BCUT2D eigenvalue weighted by molar-refractivity contribution is 4.87. The highest BCUT2D eigenvalue weighted by Gasteiger charge is 2.09. The quantitative estimate of drug-likeness (QED) is 0.365. The van der Waals surface area contributed by atoms with Crippen LogP contribution in [0, 0.1) is 0 Å². The highest BCUT2D eigenvalue weighted by Crippen LogP contribution is 2.04. The van der Waals surface area contributed by atoms with Crippen LogP contribution < -0.4 is 0 Å². The fraction of sp³-hybridized carbons (Fsp3) is 0.800. The Labute approximate surface area is 84.8 Å². The van der Waals surface area contributed by atoms with Crippen molar-refractivity contribution in [3.05, 3.63) is 12.2 Å². The molecular formula is C10H18O4. The van der Waals surface area contributed by atoms with Crippen LogP contribution in [0.15, 0.2) is 12.2 Å². The molecule has 0 saturated heterocycles. The smallest absolute Gasteiger partial charge is 0.147 e. The highest BCUT2D eigenvalue weighted by atomic mass is 16.7. The van der Waals surface area contributed by atoms with Crippen molar-refractivity contribution >= 4 is 0 Å². The molecule has 1 aliphatic rings. The average Bonchev–Trinajstić information content (AvgIpc) is 2.46. The van der Waals surface area contributed by atoms with E-state index >= 15 is 0 Å². The van der Waals surface area contributed by atoms with E-state index in [2.05, 4.69) is 6.08 Å². The second-order valence-electron chi connectivity index (χ2n) is 3.05. The minimum absolute atomic E-state index is 0.122. The molecule has 0 fully saturated rings. The Morgan fingerprint density at radius 3 is 3.14 bits per heavy atom. The van der Waals surface area contributed by atoms with E-state index in [4.69, 9.17) is 18.9 Å². The Balaban J connectivity index is 1.97. The first kappa shape index (κ1) is 11.7. The normalized spacial score (nSPS) is 22.2. The van der Waals surface area contributed by atoms with Gasteiger partial charge in [0.25, 0.3) is 0 Å². The van der Waals surface area contributed by atoms with E-state index in [9.17, 15) is 0 Å². The van der Waals surface area contributed by atoms with Gasteiger partial charge in [-0.25, -0.2) is 0 Å². The summed E-state index contributed by atoms with van der Waals surface area (Å²) < 4.78 is 20.8. The lowest BCUT2D eigenvalue weighted by molar-refractivity contribution is -0.112. The van der Waals surface area contributed by atoms with Gasteiger partial charge < -0.3 is 18.9 Å². The van der Waals surface area contributed by atoms with Crippen LogP contribution in [0.25, 0.3) is 0 Å². The van der Waals surface area contributed by atoms with E-state index in [1.807, 2.05) is 6.08 Å². The van der Waals surface area contributed by atoms with Gasteiger partial charge in [0.15, 0.2) is 0 Å². The third-order valence-corrected chi connectivity index (χ3v) is 1.90. The van der Waals surface area contributed by atoms with Gasteiger partial charge in [-0.3, -0.25) is 0 Å². The van der Waals surface area contributed by atoms with Crippen LogP contribution in [0.2, 0.25) is 0 Å². The maximum absolute atomic E-state index is 5.46. The first-order chi connectivity index (χ1) is 6.93. The van der Waals surface area contributed by atoms with Crippen LogP contribution in [-0.2, 0) is 18.9 Å². The van der Waals surface area contributed by atoms with E-state index < -0.39 is 0 Å². The van der Waals surface area contributed by atoms with Gasteiger partial charge in [0, 0.05) is 7.11 Å². The zero-order valence-corrected chi connectivity index (χ0v) is 8.61. The lowest BCUT2D eigenvalue weighted by Gasteiger charge is -2.14. The molecular weight excluding hydrogens is 184 g/mol. The molecule has 0 N–H and O–H groups in total. The standard InChI is InChI=1S/C10H18O4/c1-11-6-7-13-9-14-10-4-2-3-5-12-8-10/h2-3,10H,4-9H2,1H3. The van der Waals surface area contributed by atoms with Crippen LogP contribution in [-0.4, -0.2) is 46.4 Å². The summed E-state index contributed by atoms with van der Waals surface area (Å²) in [5.74, 6) is 0. The van der Waals surface area contributed by atoms with Crippen molar-refractivity contribution in [2.45, 2.75) is 12.5 Å². The summed E-state index contributed by atoms with van der Waals surface area (Å²) in [5, 5.41) is 0. The first-order valence-corrected chi connectivity index (χ1v) is 4.84. The fourth-order valence-corrected chi connectivity index (χ4v) is 1.11. The van der Waals surface area contributed by atoms with Crippen molar-refractivity contribution in [1.82, 2.24) is 0 Å². The molecule has 14 heavy (non-hydrogen) atoms. The van der Waals surface area contributed by atoms with E-state index in [1.54, 1.807) is 7.11 Å². The molecule has 0 spiro atoms. The maximum Gasteiger partial charge on any atom is 0.147 e. The van der Waals surface area contributed by atoms with Gasteiger partial charge >= 0.3 is 0 Å². The Morgan fingerprint density at radius 1 is 1.36 bits per heavy atom. The molecule has 1 rings (SSSR count). The maximum atomic E-state index is 5.46. The van der Waals surface area contributed by atoms with Crippen molar-refractivity contribution in [1.29, 1.82) is 0 Å². The molecule has 1 heterocycles. The van der Waals surface area contributed by atoms with E-state index in [0.717, 1.165) is 6.42 Å². The van der Waals surface area contributed by atoms with Gasteiger partial charge in [0.1, 0.15) is 6.79 Å². The molecule has 0 bridgehead atoms. The van der Waals surface area contributed by atoms with Gasteiger partial charge in [0.2, 0.25) is 0 Å². The lowest BCUT2D eigenvalue weighted by atomic mass is 10.2. The Morgan fingerprint density at radius 2 is 2.29 bits per heavy atom. The van der Waals surface area contributed by atoms with Crippen molar-refractivity contribution in [2.24, 2.45) is 0 Å². The van der Waals surface area contributed by atoms with Crippen molar-refractivity contribution in [3.63, 3.8) is 0 Å². The molecule has 4 heteroatoms. The number of rotatable bonds is 6. The first-order valence-electron chi connectivity index (χ1n) is 4.84. The number of hydrogen-bond acceptors (Lipinski definition) is 4. The second kappa shape index (κ2) is 7.94. The SMILES string of the molecule is COCCOCOC1CC=CCOC1. The summed E-state index contributed by atoms with van der Waals surface area (Å²) in [4.78, 5) is 0. The molecule has 4 nitrogen and oxygen atoms in total. The Kier molecular flexibility index (Phi) is 6.61. The van der Waals surface area contributed by atoms with Crippen LogP contribution >= 0.6 is 0 Å². The van der Waals surface area contributed by atoms with Gasteiger partial charge in [-0.15, -0.1) is 0 Å². The minimum Gasteiger partial charge on any atom is -0.382 e. The molecule has 0 saturated carbocycles. The fourth-order valence-electron chi connectivity index (χ4n) is 1.11. The average molecular weight is 202 g/mol. The zero-order valence-electron chi connectivity index (χ0n) is 8.61. The molecule has 0 aromatic heterocycles. The largest absolute Gasteiger partial charge is 0.382 e. The summed E-state index contributed by atoms with van der Waals surface area (Å²) in [6.07, 6.45) is 5.10. The summed E-state index contributed by atoms with van der Waals surface area (Å²) in [6, 6.07) is 0. The van der Waals surface area contributed by atoms with Crippen molar-refractivity contribution < 1.29 is 18.9 Å². The second-order valence-corrected chi connectivity index (χ2v) is 3.05. The van der Waals surface area contributed by atoms with Crippen molar-refractivity contribution in [3.8, 4) is 0 Å². The van der Waals surface area contributed by atoms with Gasteiger partial charge in [-0.05, 0) is 6.42 Å². The molecule has 0 aromatic rings. The van der Waals surface area contributed by atoms with Crippen LogP contribution in [0.3, 0.4) is 0 Å². The molecule has 0 amide bonds. The monoisotopic (exact) mass is 202 g/mol. The van der Waals surface area contributed by atoms with E-state index in [-0.39, 0.29) is 6.10 Å². The number of methoxy groups -OCH3 is 1. The molecule has 0 radical (unpaired) electrons. The van der Waals surface area contributed by atoms with Gasteiger partial charge in [0.05, 0.1) is 32.5 Å². The summed E-state index contributed by atoms with van der Waals surface area (Å²) in [6.45, 7) is 2.81. The molecule has 0 aromatic carbocycles. The van der Waals surface area contributed by atoms with Crippen LogP contribution in [0.1, 0.15) is 6.42 Å². The Hall–Kier alpha value is -0.420. The van der Waals surface area contributed by atoms with Crippen LogP contribution in [0.4, 0.5) is 0 Å². The van der Waals surface area contributed by atoms with Gasteiger partial charge in [-0.2, -0.15) is 0 Å². The summed E-state index contributed by atoms with van der Waals surface area (Å²) >= 11 is 0. The molecule has 1 aliphatic heterocycles. The number of hydrogen-bond donors (Lipinski definition) is 0. The molecule has 1 unspecified atom stereocenters. The summed E-state index contributed by atoms with van der Waals surface area (Å²) in [7, 11) is 1.65. The molecule has 82 valence electrons. The third kappa shape index (κ3) is 5.34. The Bertz CT molecular complexity index is 158. The lowest BCUT2D eigenvalue weighted by Crippen LogP contribution is -2.20. The van der Waals surface area contributed by atoms with Gasteiger partial charge in [-0.1, -0.05) is 12.2 Å². The van der Waals surface area contributed by atoms with E-state index in [0.29, 0.717) is 33.2 Å². The van der Waals surface area contributed by atoms with Crippen LogP contribution in [0.5, 0.6) is 0 Å². The zero-order chi connectivity index (χ0) is 10.1. The minimum atomic E-state index is 0.122. The third-order valence-electron chi connectivity index (χ3n) is 1.90. The summed E-state index contributed by atoms with van der Waals surface area (Å²) in [5.41, 5.74) is 0.